The van der Waals surface area contributed by atoms with Gasteiger partial charge in [0.2, 0.25) is 0 Å². The SMILES string of the molecule is CNCc1c(F)cc(-c2cccc(-c3cccc(NC(=O)c4nc5c(s4)CN(CCO)CC5)c3F)c2C)cc1OC. The number of nitrogens with zero attached hydrogens (tertiary/aromatic N) is 2. The highest BCUT2D eigenvalue weighted by Crippen LogP contribution is 2.37. The summed E-state index contributed by atoms with van der Waals surface area (Å²) in [5.74, 6) is -0.993. The smallest absolute Gasteiger partial charge is 0.284 e. The lowest BCUT2D eigenvalue weighted by molar-refractivity contribution is 0.102. The predicted molar refractivity (Wildman–Crippen MR) is 157 cm³/mol. The fourth-order valence-corrected chi connectivity index (χ4v) is 6.27. The molecule has 0 atom stereocenters. The maximum atomic E-state index is 15.9. The first-order chi connectivity index (χ1) is 19.8. The number of fused-ring (bicyclic) bond motifs is 1. The minimum atomic E-state index is -0.565. The number of ether oxygens (including phenoxy) is 1. The molecule has 0 bridgehead atoms. The minimum Gasteiger partial charge on any atom is -0.496 e. The first-order valence-electron chi connectivity index (χ1n) is 13.4. The number of nitrogens with one attached hydrogen (secondary N) is 2. The number of anilines is 1. The summed E-state index contributed by atoms with van der Waals surface area (Å²) in [6.07, 6.45) is 0.701. The number of carbonyl (C=O) groups excluding carboxylic acids is 1. The lowest BCUT2D eigenvalue weighted by Crippen LogP contribution is -2.32. The van der Waals surface area contributed by atoms with Crippen LogP contribution in [0.4, 0.5) is 14.5 Å². The van der Waals surface area contributed by atoms with Crippen LogP contribution in [-0.4, -0.2) is 54.8 Å². The van der Waals surface area contributed by atoms with E-state index in [0.717, 1.165) is 28.2 Å². The van der Waals surface area contributed by atoms with Gasteiger partial charge < -0.3 is 20.5 Å². The summed E-state index contributed by atoms with van der Waals surface area (Å²) in [5.41, 5.74) is 4.44. The number of carbonyl (C=O) groups is 1. The molecule has 0 radical (unpaired) electrons. The molecule has 2 heterocycles. The highest BCUT2D eigenvalue weighted by Gasteiger charge is 2.24. The minimum absolute atomic E-state index is 0.0523. The van der Waals surface area contributed by atoms with Crippen molar-refractivity contribution in [2.45, 2.75) is 26.4 Å². The number of hydrogen-bond donors (Lipinski definition) is 3. The average Bonchev–Trinajstić information content (AvgIpc) is 3.39. The number of amides is 1. The molecule has 0 spiro atoms. The summed E-state index contributed by atoms with van der Waals surface area (Å²) in [7, 11) is 3.24. The molecular weight excluding hydrogens is 546 g/mol. The van der Waals surface area contributed by atoms with Gasteiger partial charge in [-0.1, -0.05) is 30.3 Å². The third kappa shape index (κ3) is 5.87. The Balaban J connectivity index is 1.43. The van der Waals surface area contributed by atoms with Crippen LogP contribution >= 0.6 is 11.3 Å². The zero-order valence-electron chi connectivity index (χ0n) is 23.2. The van der Waals surface area contributed by atoms with Gasteiger partial charge in [-0.05, 0) is 54.4 Å². The van der Waals surface area contributed by atoms with Crippen molar-refractivity contribution in [1.29, 1.82) is 0 Å². The number of methoxy groups -OCH3 is 1. The number of benzene rings is 3. The first kappa shape index (κ1) is 28.8. The summed E-state index contributed by atoms with van der Waals surface area (Å²) in [4.78, 5) is 20.7. The van der Waals surface area contributed by atoms with Crippen molar-refractivity contribution in [3.8, 4) is 28.0 Å². The van der Waals surface area contributed by atoms with E-state index in [1.165, 1.54) is 30.6 Å². The Hall–Kier alpha value is -3.70. The topological polar surface area (TPSA) is 86.7 Å². The molecule has 7 nitrogen and oxygen atoms in total. The van der Waals surface area contributed by atoms with Crippen molar-refractivity contribution in [2.75, 3.05) is 39.2 Å². The summed E-state index contributed by atoms with van der Waals surface area (Å²) in [6.45, 7) is 4.24. The van der Waals surface area contributed by atoms with Crippen LogP contribution in [0.2, 0.25) is 0 Å². The number of thiazole rings is 1. The van der Waals surface area contributed by atoms with Crippen LogP contribution in [-0.2, 0) is 19.5 Å². The molecule has 1 aromatic heterocycles. The molecule has 0 unspecified atom stereocenters. The Morgan fingerprint density at radius 2 is 1.90 bits per heavy atom. The van der Waals surface area contributed by atoms with E-state index in [0.29, 0.717) is 54.1 Å². The van der Waals surface area contributed by atoms with Crippen molar-refractivity contribution in [3.63, 3.8) is 0 Å². The maximum absolute atomic E-state index is 15.9. The van der Waals surface area contributed by atoms with Crippen LogP contribution in [0.1, 0.15) is 31.5 Å². The zero-order chi connectivity index (χ0) is 29.1. The first-order valence-corrected chi connectivity index (χ1v) is 14.2. The molecule has 10 heteroatoms. The number of aliphatic hydroxyl groups is 1. The standard InChI is InChI=1S/C31H32F2N4O3S/c1-18-20(19-14-24(32)23(16-34-2)27(15-19)40-3)6-4-7-21(18)22-8-5-9-26(29(22)33)35-30(39)31-36-25-10-11-37(12-13-38)17-28(25)41-31/h4-9,14-15,34,38H,10-13,16-17H2,1-3H3,(H,35,39). The quantitative estimate of drug-likeness (QED) is 0.247. The third-order valence-electron chi connectivity index (χ3n) is 7.33. The van der Waals surface area contributed by atoms with Gasteiger partial charge >= 0.3 is 0 Å². The van der Waals surface area contributed by atoms with Gasteiger partial charge in [-0.2, -0.15) is 0 Å². The Labute approximate surface area is 241 Å². The molecule has 3 aromatic carbocycles. The summed E-state index contributed by atoms with van der Waals surface area (Å²) in [5, 5.41) is 15.2. The molecule has 5 rings (SSSR count). The predicted octanol–water partition coefficient (Wildman–Crippen LogP) is 5.39. The van der Waals surface area contributed by atoms with Crippen LogP contribution in [0.15, 0.2) is 48.5 Å². The van der Waals surface area contributed by atoms with Crippen molar-refractivity contribution in [1.82, 2.24) is 15.2 Å². The van der Waals surface area contributed by atoms with Crippen LogP contribution in [0.25, 0.3) is 22.3 Å². The molecule has 1 amide bonds. The number of halogens is 2. The fourth-order valence-electron chi connectivity index (χ4n) is 5.23. The van der Waals surface area contributed by atoms with E-state index in [-0.39, 0.29) is 23.1 Å². The molecular formula is C31H32F2N4O3S. The van der Waals surface area contributed by atoms with Crippen molar-refractivity contribution in [3.05, 3.63) is 86.9 Å². The van der Waals surface area contributed by atoms with E-state index >= 15 is 4.39 Å². The molecule has 41 heavy (non-hydrogen) atoms. The molecule has 0 saturated carbocycles. The van der Waals surface area contributed by atoms with Crippen LogP contribution < -0.4 is 15.4 Å². The molecule has 0 aliphatic carbocycles. The maximum Gasteiger partial charge on any atom is 0.284 e. The van der Waals surface area contributed by atoms with E-state index in [4.69, 9.17) is 4.74 Å². The fraction of sp³-hybridized carbons (Fsp3) is 0.290. The number of aliphatic hydroxyl groups excluding tert-OH is 1. The monoisotopic (exact) mass is 578 g/mol. The average molecular weight is 579 g/mol. The second-order valence-electron chi connectivity index (χ2n) is 9.91. The summed E-state index contributed by atoms with van der Waals surface area (Å²) < 4.78 is 36.3. The Bertz CT molecular complexity index is 1590. The van der Waals surface area contributed by atoms with E-state index in [9.17, 15) is 14.3 Å². The second-order valence-corrected chi connectivity index (χ2v) is 11.0. The zero-order valence-corrected chi connectivity index (χ0v) is 24.0. The molecule has 1 aliphatic rings. The molecule has 1 aliphatic heterocycles. The second kappa shape index (κ2) is 12.4. The molecule has 3 N–H and O–H groups in total. The van der Waals surface area contributed by atoms with E-state index in [2.05, 4.69) is 20.5 Å². The highest BCUT2D eigenvalue weighted by molar-refractivity contribution is 7.13. The largest absolute Gasteiger partial charge is 0.496 e. The molecule has 214 valence electrons. The van der Waals surface area contributed by atoms with Crippen LogP contribution in [0.3, 0.4) is 0 Å². The van der Waals surface area contributed by atoms with Gasteiger partial charge in [0.05, 0.1) is 25.1 Å². The van der Waals surface area contributed by atoms with Gasteiger partial charge in [-0.25, -0.2) is 13.8 Å². The van der Waals surface area contributed by atoms with Gasteiger partial charge in [0, 0.05) is 48.6 Å². The lowest BCUT2D eigenvalue weighted by atomic mass is 9.91. The van der Waals surface area contributed by atoms with Gasteiger partial charge in [-0.3, -0.25) is 9.69 Å². The highest BCUT2D eigenvalue weighted by atomic mass is 32.1. The Morgan fingerprint density at radius 1 is 1.15 bits per heavy atom. The lowest BCUT2D eigenvalue weighted by Gasteiger charge is -2.24. The van der Waals surface area contributed by atoms with E-state index in [1.54, 1.807) is 37.4 Å². The van der Waals surface area contributed by atoms with Gasteiger partial charge in [0.15, 0.2) is 10.8 Å². The van der Waals surface area contributed by atoms with Crippen LogP contribution in [0.5, 0.6) is 5.75 Å². The molecule has 4 aromatic rings. The third-order valence-corrected chi connectivity index (χ3v) is 8.41. The van der Waals surface area contributed by atoms with E-state index < -0.39 is 11.7 Å². The van der Waals surface area contributed by atoms with Gasteiger partial charge in [-0.15, -0.1) is 11.3 Å². The number of β-amino-alcohol motifs (C(OH)–C–C–N with tert-alkyl or cyclic N) is 1. The number of hydrogen-bond acceptors (Lipinski definition) is 7. The van der Waals surface area contributed by atoms with Gasteiger partial charge in [0.1, 0.15) is 11.6 Å². The van der Waals surface area contributed by atoms with Crippen molar-refractivity contribution >= 4 is 22.9 Å². The van der Waals surface area contributed by atoms with Crippen molar-refractivity contribution < 1.29 is 23.4 Å². The van der Waals surface area contributed by atoms with Crippen molar-refractivity contribution in [2.24, 2.45) is 0 Å². The summed E-state index contributed by atoms with van der Waals surface area (Å²) >= 11 is 1.30. The molecule has 0 fully saturated rings. The van der Waals surface area contributed by atoms with E-state index in [1.807, 2.05) is 13.0 Å². The van der Waals surface area contributed by atoms with Crippen LogP contribution in [0, 0.1) is 18.6 Å². The number of rotatable bonds is 9. The molecule has 0 saturated heterocycles. The normalized spacial score (nSPS) is 13.2. The number of aromatic nitrogens is 1. The Kier molecular flexibility index (Phi) is 8.74. The van der Waals surface area contributed by atoms with Gasteiger partial charge in [0.25, 0.3) is 5.91 Å². The summed E-state index contributed by atoms with van der Waals surface area (Å²) in [6, 6.07) is 13.6. The Morgan fingerprint density at radius 3 is 2.66 bits per heavy atom.